The van der Waals surface area contributed by atoms with Crippen molar-refractivity contribution < 1.29 is 0 Å². The topological polar surface area (TPSA) is 38.4 Å². The quantitative estimate of drug-likeness (QED) is 0.744. The van der Waals surface area contributed by atoms with Gasteiger partial charge in [-0.25, -0.2) is 0 Å². The summed E-state index contributed by atoms with van der Waals surface area (Å²) in [5.74, 6) is 0. The first kappa shape index (κ1) is 13.7. The van der Waals surface area contributed by atoms with Crippen molar-refractivity contribution in [3.05, 3.63) is 41.5 Å². The van der Waals surface area contributed by atoms with E-state index in [-0.39, 0.29) is 0 Å². The fourth-order valence-corrected chi connectivity index (χ4v) is 1.83. The number of hydrogen-bond donors (Lipinski definition) is 1. The Kier molecular flexibility index (Phi) is 6.26. The van der Waals surface area contributed by atoms with Crippen LogP contribution in [-0.4, -0.2) is 12.4 Å². The highest BCUT2D eigenvalue weighted by molar-refractivity contribution is 6.03. The van der Waals surface area contributed by atoms with Crippen LogP contribution in [-0.2, 0) is 0 Å². The molecule has 2 nitrogen and oxygen atoms in total. The van der Waals surface area contributed by atoms with Crippen LogP contribution in [0.3, 0.4) is 0 Å². The Morgan fingerprint density at radius 3 is 2.47 bits per heavy atom. The Balaban J connectivity index is 2.96. The van der Waals surface area contributed by atoms with Crippen LogP contribution in [0, 0.1) is 0 Å². The lowest BCUT2D eigenvalue weighted by molar-refractivity contribution is 0.956. The van der Waals surface area contributed by atoms with E-state index >= 15 is 0 Å². The molecule has 0 aliphatic heterocycles. The molecule has 0 spiro atoms. The first-order chi connectivity index (χ1) is 8.31. The minimum atomic E-state index is 0.376. The number of hydrogen-bond acceptors (Lipinski definition) is 2. The fourth-order valence-electron chi connectivity index (χ4n) is 1.83. The Labute approximate surface area is 104 Å². The lowest BCUT2D eigenvalue weighted by atomic mass is 10.0. The highest BCUT2D eigenvalue weighted by Gasteiger charge is 2.04. The third-order valence-electron chi connectivity index (χ3n) is 2.66. The van der Waals surface area contributed by atoms with E-state index < -0.39 is 0 Å². The zero-order chi connectivity index (χ0) is 12.5. The first-order valence-electron chi connectivity index (χ1n) is 6.31. The number of benzene rings is 1. The molecule has 0 saturated carbocycles. The zero-order valence-corrected chi connectivity index (χ0v) is 10.8. The summed E-state index contributed by atoms with van der Waals surface area (Å²) >= 11 is 0. The molecule has 0 aliphatic rings. The van der Waals surface area contributed by atoms with Crippen LogP contribution >= 0.6 is 0 Å². The summed E-state index contributed by atoms with van der Waals surface area (Å²) in [6, 6.07) is 10.4. The highest BCUT2D eigenvalue weighted by Crippen LogP contribution is 2.14. The van der Waals surface area contributed by atoms with Gasteiger partial charge in [0.05, 0.1) is 6.67 Å². The summed E-state index contributed by atoms with van der Waals surface area (Å²) in [7, 11) is 0. The van der Waals surface area contributed by atoms with E-state index in [1.54, 1.807) is 0 Å². The Bertz CT molecular complexity index is 377. The summed E-state index contributed by atoms with van der Waals surface area (Å²) in [5, 5.41) is 0. The van der Waals surface area contributed by atoms with Gasteiger partial charge >= 0.3 is 0 Å². The van der Waals surface area contributed by atoms with E-state index in [0.29, 0.717) is 6.67 Å². The van der Waals surface area contributed by atoms with Crippen molar-refractivity contribution in [2.24, 2.45) is 10.7 Å². The molecule has 0 unspecified atom stereocenters. The second-order valence-corrected chi connectivity index (χ2v) is 3.97. The van der Waals surface area contributed by atoms with E-state index in [1.165, 1.54) is 11.1 Å². The molecule has 0 saturated heterocycles. The maximum atomic E-state index is 5.53. The average Bonchev–Trinajstić information content (AvgIpc) is 2.37. The van der Waals surface area contributed by atoms with Gasteiger partial charge in [0.2, 0.25) is 0 Å². The van der Waals surface area contributed by atoms with Crippen molar-refractivity contribution in [2.75, 3.05) is 6.67 Å². The molecular weight excluding hydrogens is 208 g/mol. The monoisotopic (exact) mass is 230 g/mol. The summed E-state index contributed by atoms with van der Waals surface area (Å²) in [6.07, 6.45) is 5.31. The van der Waals surface area contributed by atoms with Crippen molar-refractivity contribution in [3.63, 3.8) is 0 Å². The van der Waals surface area contributed by atoms with Gasteiger partial charge in [-0.15, -0.1) is 0 Å². The van der Waals surface area contributed by atoms with Crippen LogP contribution in [0.4, 0.5) is 0 Å². The third kappa shape index (κ3) is 4.53. The third-order valence-corrected chi connectivity index (χ3v) is 2.66. The van der Waals surface area contributed by atoms with Gasteiger partial charge in [0.1, 0.15) is 0 Å². The van der Waals surface area contributed by atoms with E-state index in [9.17, 15) is 0 Å². The van der Waals surface area contributed by atoms with E-state index in [0.717, 1.165) is 25.0 Å². The molecule has 0 bridgehead atoms. The molecule has 2 heteroatoms. The van der Waals surface area contributed by atoms with Crippen LogP contribution < -0.4 is 5.73 Å². The van der Waals surface area contributed by atoms with E-state index in [4.69, 9.17) is 5.73 Å². The van der Waals surface area contributed by atoms with Gasteiger partial charge in [0.25, 0.3) is 0 Å². The van der Waals surface area contributed by atoms with Crippen molar-refractivity contribution in [3.8, 4) is 0 Å². The molecule has 1 aromatic rings. The smallest absolute Gasteiger partial charge is 0.0862 e. The SMILES string of the molecule is CCCC(=N/CN)/C(=C\c1ccccc1)CC. The van der Waals surface area contributed by atoms with Crippen LogP contribution in [0.2, 0.25) is 0 Å². The molecule has 1 aromatic carbocycles. The summed E-state index contributed by atoms with van der Waals surface area (Å²) in [6.45, 7) is 4.71. The van der Waals surface area contributed by atoms with Crippen LogP contribution in [0.25, 0.3) is 6.08 Å². The summed E-state index contributed by atoms with van der Waals surface area (Å²) in [5.41, 5.74) is 9.21. The zero-order valence-electron chi connectivity index (χ0n) is 10.8. The Hall–Kier alpha value is -1.41. The molecule has 17 heavy (non-hydrogen) atoms. The molecule has 0 fully saturated rings. The number of nitrogens with zero attached hydrogens (tertiary/aromatic N) is 1. The lowest BCUT2D eigenvalue weighted by Gasteiger charge is -2.08. The minimum Gasteiger partial charge on any atom is -0.312 e. The van der Waals surface area contributed by atoms with Crippen molar-refractivity contribution in [1.82, 2.24) is 0 Å². The highest BCUT2D eigenvalue weighted by atomic mass is 14.9. The average molecular weight is 230 g/mol. The summed E-state index contributed by atoms with van der Waals surface area (Å²) in [4.78, 5) is 4.41. The molecule has 1 rings (SSSR count). The van der Waals surface area contributed by atoms with Gasteiger partial charge in [0, 0.05) is 5.71 Å². The molecule has 0 amide bonds. The molecule has 0 heterocycles. The van der Waals surface area contributed by atoms with Gasteiger partial charge in [-0.2, -0.15) is 0 Å². The van der Waals surface area contributed by atoms with E-state index in [2.05, 4.69) is 49.2 Å². The minimum absolute atomic E-state index is 0.376. The molecule has 0 aromatic heterocycles. The standard InChI is InChI=1S/C15H22N2/c1-3-8-15(17-12-16)14(4-2)11-13-9-6-5-7-10-13/h5-7,9-11H,3-4,8,12,16H2,1-2H3/b14-11-,17-15-. The number of rotatable bonds is 6. The maximum Gasteiger partial charge on any atom is 0.0862 e. The Morgan fingerprint density at radius 1 is 1.24 bits per heavy atom. The Morgan fingerprint density at radius 2 is 1.94 bits per heavy atom. The molecular formula is C15H22N2. The van der Waals surface area contributed by atoms with Crippen molar-refractivity contribution in [1.29, 1.82) is 0 Å². The molecule has 0 radical (unpaired) electrons. The van der Waals surface area contributed by atoms with Crippen molar-refractivity contribution in [2.45, 2.75) is 33.1 Å². The van der Waals surface area contributed by atoms with Crippen molar-refractivity contribution >= 4 is 11.8 Å². The van der Waals surface area contributed by atoms with Gasteiger partial charge in [-0.05, 0) is 30.1 Å². The lowest BCUT2D eigenvalue weighted by Crippen LogP contribution is -2.06. The van der Waals surface area contributed by atoms with Crippen LogP contribution in [0.1, 0.15) is 38.7 Å². The predicted molar refractivity (Wildman–Crippen MR) is 76.1 cm³/mol. The molecule has 0 atom stereocenters. The maximum absolute atomic E-state index is 5.53. The van der Waals surface area contributed by atoms with Gasteiger partial charge in [-0.1, -0.05) is 50.6 Å². The number of nitrogens with two attached hydrogens (primary N) is 1. The first-order valence-corrected chi connectivity index (χ1v) is 6.31. The van der Waals surface area contributed by atoms with Gasteiger partial charge in [-0.3, -0.25) is 4.99 Å². The van der Waals surface area contributed by atoms with E-state index in [1.807, 2.05) is 6.07 Å². The number of allylic oxidation sites excluding steroid dienone is 1. The number of aliphatic imine (C=N–C) groups is 1. The second-order valence-electron chi connectivity index (χ2n) is 3.97. The molecule has 0 aliphatic carbocycles. The molecule has 2 N–H and O–H groups in total. The largest absolute Gasteiger partial charge is 0.312 e. The normalized spacial score (nSPS) is 12.9. The van der Waals surface area contributed by atoms with Gasteiger partial charge in [0.15, 0.2) is 0 Å². The molecule has 92 valence electrons. The van der Waals surface area contributed by atoms with Crippen LogP contribution in [0.5, 0.6) is 0 Å². The summed E-state index contributed by atoms with van der Waals surface area (Å²) < 4.78 is 0. The predicted octanol–water partition coefficient (Wildman–Crippen LogP) is 3.64. The fraction of sp³-hybridized carbons (Fsp3) is 0.400. The second kappa shape index (κ2) is 7.80. The van der Waals surface area contributed by atoms with Crippen LogP contribution in [0.15, 0.2) is 40.9 Å². The van der Waals surface area contributed by atoms with Gasteiger partial charge < -0.3 is 5.73 Å².